The van der Waals surface area contributed by atoms with E-state index in [1.165, 1.54) is 0 Å². The number of hydrogen-bond donors (Lipinski definition) is 1. The first kappa shape index (κ1) is 21.1. The summed E-state index contributed by atoms with van der Waals surface area (Å²) in [6.07, 6.45) is 1.55. The van der Waals surface area contributed by atoms with Gasteiger partial charge in [-0.2, -0.15) is 5.10 Å². The molecule has 0 atom stereocenters. The molecule has 0 aliphatic rings. The smallest absolute Gasteiger partial charge is 0.271 e. The number of nitrogens with one attached hydrogen (secondary N) is 1. The third-order valence-electron chi connectivity index (χ3n) is 3.96. The third-order valence-corrected chi connectivity index (χ3v) is 4.88. The second kappa shape index (κ2) is 10.3. The minimum atomic E-state index is -0.269. The summed E-state index contributed by atoms with van der Waals surface area (Å²) in [7, 11) is 1.57. The lowest BCUT2D eigenvalue weighted by Crippen LogP contribution is -2.17. The van der Waals surface area contributed by atoms with E-state index in [0.29, 0.717) is 28.7 Å². The number of rotatable bonds is 7. The number of nitrogens with zero attached hydrogens (tertiary/aromatic N) is 1. The molecule has 0 saturated heterocycles. The molecular formula is C22H18ClIN2O3. The molecule has 1 amide bonds. The van der Waals surface area contributed by atoms with E-state index in [0.717, 1.165) is 14.7 Å². The van der Waals surface area contributed by atoms with Crippen molar-refractivity contribution in [3.8, 4) is 11.5 Å². The van der Waals surface area contributed by atoms with E-state index in [4.69, 9.17) is 21.1 Å². The fourth-order valence-corrected chi connectivity index (χ4v) is 3.15. The standard InChI is InChI=1S/C22H18ClIN2O3/c1-28-21-11-16(13-25-26-22(27)17-3-2-4-19(24)12-17)7-10-20(21)29-14-15-5-8-18(23)9-6-15/h2-13H,14H2,1H3,(H,26,27)/b25-13-. The summed E-state index contributed by atoms with van der Waals surface area (Å²) < 4.78 is 12.2. The van der Waals surface area contributed by atoms with Crippen molar-refractivity contribution in [2.24, 2.45) is 5.10 Å². The molecule has 0 radical (unpaired) electrons. The zero-order valence-corrected chi connectivity index (χ0v) is 18.5. The maximum Gasteiger partial charge on any atom is 0.271 e. The highest BCUT2D eigenvalue weighted by Crippen LogP contribution is 2.28. The van der Waals surface area contributed by atoms with E-state index in [-0.39, 0.29) is 5.91 Å². The highest BCUT2D eigenvalue weighted by Gasteiger charge is 2.07. The van der Waals surface area contributed by atoms with E-state index in [1.54, 1.807) is 37.6 Å². The predicted octanol–water partition coefficient (Wildman–Crippen LogP) is 5.30. The maximum atomic E-state index is 12.1. The summed E-state index contributed by atoms with van der Waals surface area (Å²) >= 11 is 8.06. The minimum absolute atomic E-state index is 0.269. The van der Waals surface area contributed by atoms with Crippen molar-refractivity contribution in [2.45, 2.75) is 6.61 Å². The molecule has 148 valence electrons. The Labute approximate surface area is 187 Å². The highest BCUT2D eigenvalue weighted by molar-refractivity contribution is 14.1. The molecule has 29 heavy (non-hydrogen) atoms. The van der Waals surface area contributed by atoms with Crippen molar-refractivity contribution < 1.29 is 14.3 Å². The molecule has 0 aliphatic heterocycles. The molecule has 3 rings (SSSR count). The van der Waals surface area contributed by atoms with Gasteiger partial charge in [0.2, 0.25) is 0 Å². The van der Waals surface area contributed by atoms with Crippen LogP contribution in [0, 0.1) is 3.57 Å². The zero-order chi connectivity index (χ0) is 20.6. The topological polar surface area (TPSA) is 59.9 Å². The molecule has 0 fully saturated rings. The average Bonchev–Trinajstić information content (AvgIpc) is 2.73. The first-order valence-electron chi connectivity index (χ1n) is 8.69. The lowest BCUT2D eigenvalue weighted by molar-refractivity contribution is 0.0955. The van der Waals surface area contributed by atoms with Gasteiger partial charge < -0.3 is 9.47 Å². The molecule has 3 aromatic carbocycles. The van der Waals surface area contributed by atoms with E-state index in [2.05, 4.69) is 33.1 Å². The fraction of sp³-hybridized carbons (Fsp3) is 0.0909. The van der Waals surface area contributed by atoms with Gasteiger partial charge in [0, 0.05) is 14.2 Å². The Morgan fingerprint density at radius 3 is 2.62 bits per heavy atom. The van der Waals surface area contributed by atoms with Crippen molar-refractivity contribution in [3.05, 3.63) is 92.0 Å². The van der Waals surface area contributed by atoms with Gasteiger partial charge in [0.05, 0.1) is 13.3 Å². The van der Waals surface area contributed by atoms with Gasteiger partial charge in [-0.25, -0.2) is 5.43 Å². The van der Waals surface area contributed by atoms with Crippen molar-refractivity contribution in [1.29, 1.82) is 0 Å². The van der Waals surface area contributed by atoms with Crippen LogP contribution in [0.3, 0.4) is 0 Å². The number of ether oxygens (including phenoxy) is 2. The molecule has 0 unspecified atom stereocenters. The molecule has 0 aromatic heterocycles. The highest BCUT2D eigenvalue weighted by atomic mass is 127. The maximum absolute atomic E-state index is 12.1. The summed E-state index contributed by atoms with van der Waals surface area (Å²) in [5, 5.41) is 4.70. The predicted molar refractivity (Wildman–Crippen MR) is 123 cm³/mol. The molecule has 3 aromatic rings. The molecule has 0 saturated carbocycles. The summed E-state index contributed by atoms with van der Waals surface area (Å²) in [6, 6.07) is 20.2. The van der Waals surface area contributed by atoms with Crippen LogP contribution in [0.2, 0.25) is 5.02 Å². The zero-order valence-electron chi connectivity index (χ0n) is 15.6. The number of carbonyl (C=O) groups is 1. The van der Waals surface area contributed by atoms with Gasteiger partial charge in [-0.1, -0.05) is 29.8 Å². The lowest BCUT2D eigenvalue weighted by atomic mass is 10.2. The van der Waals surface area contributed by atoms with Gasteiger partial charge in [0.1, 0.15) is 6.61 Å². The van der Waals surface area contributed by atoms with Crippen LogP contribution in [0.25, 0.3) is 0 Å². The summed E-state index contributed by atoms with van der Waals surface area (Å²) in [4.78, 5) is 12.1. The van der Waals surface area contributed by atoms with Gasteiger partial charge in [-0.05, 0) is 82.2 Å². The fourth-order valence-electron chi connectivity index (χ4n) is 2.49. The number of hydrogen-bond acceptors (Lipinski definition) is 4. The SMILES string of the molecule is COc1cc(/C=N\NC(=O)c2cccc(I)c2)ccc1OCc1ccc(Cl)cc1. The lowest BCUT2D eigenvalue weighted by Gasteiger charge is -2.11. The van der Waals surface area contributed by atoms with E-state index in [9.17, 15) is 4.79 Å². The van der Waals surface area contributed by atoms with Crippen LogP contribution >= 0.6 is 34.2 Å². The second-order valence-electron chi connectivity index (χ2n) is 6.03. The Morgan fingerprint density at radius 2 is 1.90 bits per heavy atom. The third kappa shape index (κ3) is 6.20. The van der Waals surface area contributed by atoms with Crippen LogP contribution in [0.5, 0.6) is 11.5 Å². The molecule has 0 spiro atoms. The number of hydrazone groups is 1. The Bertz CT molecular complexity index is 1020. The van der Waals surface area contributed by atoms with Gasteiger partial charge >= 0.3 is 0 Å². The summed E-state index contributed by atoms with van der Waals surface area (Å²) in [5.41, 5.74) is 4.84. The van der Waals surface area contributed by atoms with Gasteiger partial charge in [-0.15, -0.1) is 0 Å². The van der Waals surface area contributed by atoms with Crippen LogP contribution in [0.15, 0.2) is 71.8 Å². The quantitative estimate of drug-likeness (QED) is 0.261. The van der Waals surface area contributed by atoms with Crippen LogP contribution in [0.4, 0.5) is 0 Å². The van der Waals surface area contributed by atoms with E-state index < -0.39 is 0 Å². The number of methoxy groups -OCH3 is 1. The Kier molecular flexibility index (Phi) is 7.48. The van der Waals surface area contributed by atoms with Crippen LogP contribution in [-0.2, 0) is 6.61 Å². The average molecular weight is 521 g/mol. The molecular weight excluding hydrogens is 503 g/mol. The van der Waals surface area contributed by atoms with Gasteiger partial charge in [-0.3, -0.25) is 4.79 Å². The summed E-state index contributed by atoms with van der Waals surface area (Å²) in [5.74, 6) is 0.920. The van der Waals surface area contributed by atoms with E-state index in [1.807, 2.05) is 42.5 Å². The number of benzene rings is 3. The minimum Gasteiger partial charge on any atom is -0.493 e. The van der Waals surface area contributed by atoms with Crippen molar-refractivity contribution in [1.82, 2.24) is 5.43 Å². The number of amides is 1. The number of halogens is 2. The van der Waals surface area contributed by atoms with E-state index >= 15 is 0 Å². The first-order valence-corrected chi connectivity index (χ1v) is 10.1. The van der Waals surface area contributed by atoms with Gasteiger partial charge in [0.25, 0.3) is 5.91 Å². The first-order chi connectivity index (χ1) is 14.0. The van der Waals surface area contributed by atoms with Crippen LogP contribution in [0.1, 0.15) is 21.5 Å². The second-order valence-corrected chi connectivity index (χ2v) is 7.72. The molecule has 0 bridgehead atoms. The molecule has 7 heteroatoms. The molecule has 1 N–H and O–H groups in total. The number of carbonyl (C=O) groups excluding carboxylic acids is 1. The molecule has 0 heterocycles. The van der Waals surface area contributed by atoms with Gasteiger partial charge in [0.15, 0.2) is 11.5 Å². The normalized spacial score (nSPS) is 10.7. The Morgan fingerprint density at radius 1 is 1.10 bits per heavy atom. The van der Waals surface area contributed by atoms with Crippen molar-refractivity contribution in [3.63, 3.8) is 0 Å². The van der Waals surface area contributed by atoms with Crippen molar-refractivity contribution >= 4 is 46.3 Å². The van der Waals surface area contributed by atoms with Crippen LogP contribution < -0.4 is 14.9 Å². The Hall–Kier alpha value is -2.58. The molecule has 0 aliphatic carbocycles. The molecule has 5 nitrogen and oxygen atoms in total. The Balaban J connectivity index is 1.62. The van der Waals surface area contributed by atoms with Crippen molar-refractivity contribution in [2.75, 3.05) is 7.11 Å². The summed E-state index contributed by atoms with van der Waals surface area (Å²) in [6.45, 7) is 0.396. The van der Waals surface area contributed by atoms with Crippen LogP contribution in [-0.4, -0.2) is 19.2 Å². The monoisotopic (exact) mass is 520 g/mol. The largest absolute Gasteiger partial charge is 0.493 e.